The summed E-state index contributed by atoms with van der Waals surface area (Å²) in [5.74, 6) is 1.48. The molecule has 0 unspecified atom stereocenters. The summed E-state index contributed by atoms with van der Waals surface area (Å²) >= 11 is 0. The second kappa shape index (κ2) is 9.41. The lowest BCUT2D eigenvalue weighted by atomic mass is 10.1. The van der Waals surface area contributed by atoms with Crippen molar-refractivity contribution < 1.29 is 9.47 Å². The van der Waals surface area contributed by atoms with Crippen LogP contribution in [-0.4, -0.2) is 62.2 Å². The van der Waals surface area contributed by atoms with Crippen molar-refractivity contribution >= 4 is 5.82 Å². The molecule has 4 heterocycles. The lowest BCUT2D eigenvalue weighted by Gasteiger charge is -2.28. The van der Waals surface area contributed by atoms with E-state index in [1.54, 1.807) is 11.0 Å². The van der Waals surface area contributed by atoms with Crippen molar-refractivity contribution in [1.82, 2.24) is 29.3 Å². The quantitative estimate of drug-likeness (QED) is 0.433. The molecule has 0 bridgehead atoms. The van der Waals surface area contributed by atoms with Gasteiger partial charge in [-0.1, -0.05) is 23.8 Å². The van der Waals surface area contributed by atoms with Gasteiger partial charge >= 0.3 is 6.01 Å². The highest BCUT2D eigenvalue weighted by molar-refractivity contribution is 5.60. The van der Waals surface area contributed by atoms with Gasteiger partial charge in [-0.2, -0.15) is 15.1 Å². The summed E-state index contributed by atoms with van der Waals surface area (Å²) in [6.45, 7) is 5.44. The molecule has 9 heteroatoms. The van der Waals surface area contributed by atoms with Crippen LogP contribution in [0.2, 0.25) is 0 Å². The number of hydrogen-bond acceptors (Lipinski definition) is 7. The monoisotopic (exact) mass is 445 g/mol. The highest BCUT2D eigenvalue weighted by Gasteiger charge is 2.17. The van der Waals surface area contributed by atoms with Crippen LogP contribution in [0.3, 0.4) is 0 Å². The van der Waals surface area contributed by atoms with Gasteiger partial charge in [-0.05, 0) is 19.1 Å². The maximum Gasteiger partial charge on any atom is 0.320 e. The van der Waals surface area contributed by atoms with Gasteiger partial charge in [-0.25, -0.2) is 9.67 Å². The van der Waals surface area contributed by atoms with Crippen molar-refractivity contribution in [2.24, 2.45) is 7.05 Å². The van der Waals surface area contributed by atoms with Crippen LogP contribution in [-0.2, 0) is 18.2 Å². The van der Waals surface area contributed by atoms with E-state index in [1.807, 2.05) is 42.2 Å². The molecule has 4 aromatic rings. The standard InChI is InChI=1S/C24H27N7O2/c1-18-4-3-5-19(14-18)21-6-8-31(28-21)23-15-22(30-9-12-32-13-10-30)26-24(27-23)33-11-7-20-16-25-17-29(20)2/h3-6,8,14-17H,7,9-13H2,1-2H3. The minimum Gasteiger partial charge on any atom is -0.463 e. The van der Waals surface area contributed by atoms with E-state index < -0.39 is 0 Å². The third-order valence-corrected chi connectivity index (χ3v) is 5.66. The van der Waals surface area contributed by atoms with E-state index in [-0.39, 0.29) is 0 Å². The Labute approximate surface area is 192 Å². The summed E-state index contributed by atoms with van der Waals surface area (Å²) in [4.78, 5) is 15.7. The van der Waals surface area contributed by atoms with Crippen LogP contribution in [0.15, 0.2) is 55.1 Å². The maximum absolute atomic E-state index is 5.97. The number of benzene rings is 1. The maximum atomic E-state index is 5.97. The molecular formula is C24H27N7O2. The van der Waals surface area contributed by atoms with Crippen molar-refractivity contribution in [1.29, 1.82) is 0 Å². The molecule has 9 nitrogen and oxygen atoms in total. The van der Waals surface area contributed by atoms with Gasteiger partial charge in [0, 0.05) is 56.3 Å². The van der Waals surface area contributed by atoms with Gasteiger partial charge in [0.25, 0.3) is 0 Å². The zero-order valence-corrected chi connectivity index (χ0v) is 18.9. The molecule has 1 aromatic carbocycles. The number of hydrogen-bond donors (Lipinski definition) is 0. The minimum atomic E-state index is 0.337. The number of ether oxygens (including phenoxy) is 2. The summed E-state index contributed by atoms with van der Waals surface area (Å²) in [5, 5.41) is 4.77. The van der Waals surface area contributed by atoms with Crippen LogP contribution in [0.1, 0.15) is 11.3 Å². The number of morpholine rings is 1. The molecule has 1 fully saturated rings. The average molecular weight is 446 g/mol. The van der Waals surface area contributed by atoms with Crippen LogP contribution >= 0.6 is 0 Å². The predicted octanol–water partition coefficient (Wildman–Crippen LogP) is 2.83. The number of aromatic nitrogens is 6. The van der Waals surface area contributed by atoms with Crippen LogP contribution in [0, 0.1) is 6.92 Å². The molecule has 5 rings (SSSR count). The fourth-order valence-corrected chi connectivity index (χ4v) is 3.82. The first-order valence-corrected chi connectivity index (χ1v) is 11.1. The first-order valence-electron chi connectivity index (χ1n) is 11.1. The number of anilines is 1. The van der Waals surface area contributed by atoms with E-state index in [1.165, 1.54) is 5.56 Å². The summed E-state index contributed by atoms with van der Waals surface area (Å²) in [6, 6.07) is 12.6. The largest absolute Gasteiger partial charge is 0.463 e. The van der Waals surface area contributed by atoms with Gasteiger partial charge in [0.2, 0.25) is 0 Å². The zero-order chi connectivity index (χ0) is 22.6. The molecule has 0 atom stereocenters. The fourth-order valence-electron chi connectivity index (χ4n) is 3.82. The number of rotatable bonds is 7. The lowest BCUT2D eigenvalue weighted by Crippen LogP contribution is -2.37. The van der Waals surface area contributed by atoms with E-state index in [4.69, 9.17) is 14.6 Å². The van der Waals surface area contributed by atoms with Crippen molar-refractivity contribution in [3.05, 3.63) is 66.4 Å². The SMILES string of the molecule is Cc1cccc(-c2ccn(-c3cc(N4CCOCC4)nc(OCCc4cncn4C)n3)n2)c1. The Morgan fingerprint density at radius 3 is 2.70 bits per heavy atom. The number of imidazole rings is 1. The Morgan fingerprint density at radius 2 is 1.91 bits per heavy atom. The molecule has 0 aliphatic carbocycles. The molecule has 33 heavy (non-hydrogen) atoms. The van der Waals surface area contributed by atoms with Crippen molar-refractivity contribution in [3.8, 4) is 23.1 Å². The van der Waals surface area contributed by atoms with Gasteiger partial charge in [-0.15, -0.1) is 0 Å². The van der Waals surface area contributed by atoms with E-state index in [0.29, 0.717) is 31.6 Å². The molecule has 1 aliphatic rings. The number of nitrogens with zero attached hydrogens (tertiary/aromatic N) is 7. The predicted molar refractivity (Wildman–Crippen MR) is 125 cm³/mol. The first-order chi connectivity index (χ1) is 16.2. The second-order valence-corrected chi connectivity index (χ2v) is 8.08. The van der Waals surface area contributed by atoms with E-state index in [9.17, 15) is 0 Å². The van der Waals surface area contributed by atoms with Crippen LogP contribution in [0.4, 0.5) is 5.82 Å². The average Bonchev–Trinajstić information content (AvgIpc) is 3.49. The normalized spacial score (nSPS) is 13.9. The van der Waals surface area contributed by atoms with E-state index in [2.05, 4.69) is 45.0 Å². The molecule has 3 aromatic heterocycles. The highest BCUT2D eigenvalue weighted by Crippen LogP contribution is 2.23. The van der Waals surface area contributed by atoms with Gasteiger partial charge < -0.3 is 18.9 Å². The second-order valence-electron chi connectivity index (χ2n) is 8.08. The van der Waals surface area contributed by atoms with Crippen molar-refractivity contribution in [3.63, 3.8) is 0 Å². The highest BCUT2D eigenvalue weighted by atomic mass is 16.5. The third-order valence-electron chi connectivity index (χ3n) is 5.66. The molecule has 170 valence electrons. The summed E-state index contributed by atoms with van der Waals surface area (Å²) in [6.07, 6.45) is 6.27. The Hall–Kier alpha value is -3.72. The van der Waals surface area contributed by atoms with Gasteiger partial charge in [0.05, 0.1) is 31.8 Å². The topological polar surface area (TPSA) is 83.1 Å². The molecule has 0 spiro atoms. The van der Waals surface area contributed by atoms with E-state index in [0.717, 1.165) is 42.3 Å². The van der Waals surface area contributed by atoms with Crippen molar-refractivity contribution in [2.75, 3.05) is 37.8 Å². The molecule has 0 amide bonds. The van der Waals surface area contributed by atoms with Crippen LogP contribution < -0.4 is 9.64 Å². The lowest BCUT2D eigenvalue weighted by molar-refractivity contribution is 0.122. The summed E-state index contributed by atoms with van der Waals surface area (Å²) < 4.78 is 15.2. The van der Waals surface area contributed by atoms with Crippen LogP contribution in [0.5, 0.6) is 6.01 Å². The van der Waals surface area contributed by atoms with E-state index >= 15 is 0 Å². The Morgan fingerprint density at radius 1 is 1.06 bits per heavy atom. The third kappa shape index (κ3) is 4.88. The first kappa shape index (κ1) is 21.1. The Kier molecular flexibility index (Phi) is 6.03. The molecule has 1 saturated heterocycles. The minimum absolute atomic E-state index is 0.337. The Balaban J connectivity index is 1.42. The molecule has 0 saturated carbocycles. The van der Waals surface area contributed by atoms with Gasteiger partial charge in [0.1, 0.15) is 5.82 Å². The van der Waals surface area contributed by atoms with Gasteiger partial charge in [0.15, 0.2) is 5.82 Å². The molecular weight excluding hydrogens is 418 g/mol. The fraction of sp³-hybridized carbons (Fsp3) is 0.333. The molecule has 1 aliphatic heterocycles. The molecule has 0 radical (unpaired) electrons. The number of aryl methyl sites for hydroxylation is 2. The smallest absolute Gasteiger partial charge is 0.320 e. The Bertz CT molecular complexity index is 1230. The van der Waals surface area contributed by atoms with Gasteiger partial charge in [-0.3, -0.25) is 0 Å². The molecule has 0 N–H and O–H groups in total. The summed E-state index contributed by atoms with van der Waals surface area (Å²) in [5.41, 5.74) is 4.25. The van der Waals surface area contributed by atoms with Crippen molar-refractivity contribution in [2.45, 2.75) is 13.3 Å². The van der Waals surface area contributed by atoms with Crippen LogP contribution in [0.25, 0.3) is 17.1 Å². The summed E-state index contributed by atoms with van der Waals surface area (Å²) in [7, 11) is 1.97. The zero-order valence-electron chi connectivity index (χ0n) is 18.9.